The van der Waals surface area contributed by atoms with Crippen molar-refractivity contribution in [2.75, 3.05) is 17.2 Å². The highest BCUT2D eigenvalue weighted by Gasteiger charge is 2.04. The highest BCUT2D eigenvalue weighted by molar-refractivity contribution is 5.79. The van der Waals surface area contributed by atoms with Gasteiger partial charge in [0.1, 0.15) is 0 Å². The van der Waals surface area contributed by atoms with Crippen molar-refractivity contribution in [3.8, 4) is 0 Å². The summed E-state index contributed by atoms with van der Waals surface area (Å²) in [7, 11) is 0. The van der Waals surface area contributed by atoms with Crippen LogP contribution in [0.25, 0.3) is 0 Å². The van der Waals surface area contributed by atoms with Gasteiger partial charge in [-0.3, -0.25) is 0 Å². The molecule has 0 saturated heterocycles. The first-order chi connectivity index (χ1) is 6.66. The molecule has 0 aliphatic rings. The van der Waals surface area contributed by atoms with Crippen LogP contribution in [0.3, 0.4) is 0 Å². The molecule has 1 rings (SSSR count). The number of anilines is 3. The highest BCUT2D eigenvalue weighted by atomic mass is 14.7. The van der Waals surface area contributed by atoms with Gasteiger partial charge in [0, 0.05) is 0 Å². The smallest absolute Gasteiger partial charge is 0.0784 e. The van der Waals surface area contributed by atoms with Crippen LogP contribution in [-0.4, -0.2) is 0 Å². The topological polar surface area (TPSA) is 78.1 Å². The molecule has 1 aromatic rings. The van der Waals surface area contributed by atoms with Gasteiger partial charge in [-0.1, -0.05) is 25.8 Å². The molecule has 0 saturated carbocycles. The molecule has 0 aliphatic heterocycles. The fourth-order valence-electron chi connectivity index (χ4n) is 1.48. The second-order valence-corrected chi connectivity index (χ2v) is 3.60. The summed E-state index contributed by atoms with van der Waals surface area (Å²) in [4.78, 5) is 0. The minimum absolute atomic E-state index is 0.527. The second-order valence-electron chi connectivity index (χ2n) is 3.60. The lowest BCUT2D eigenvalue weighted by Crippen LogP contribution is -2.03. The van der Waals surface area contributed by atoms with Crippen LogP contribution in [0, 0.1) is 0 Å². The van der Waals surface area contributed by atoms with Crippen molar-refractivity contribution < 1.29 is 0 Å². The van der Waals surface area contributed by atoms with E-state index in [0.29, 0.717) is 17.1 Å². The Kier molecular flexibility index (Phi) is 3.63. The van der Waals surface area contributed by atoms with Gasteiger partial charge in [-0.2, -0.15) is 0 Å². The van der Waals surface area contributed by atoms with Crippen LogP contribution in [0.1, 0.15) is 31.7 Å². The van der Waals surface area contributed by atoms with Gasteiger partial charge in [-0.25, -0.2) is 0 Å². The zero-order valence-corrected chi connectivity index (χ0v) is 8.72. The second kappa shape index (κ2) is 4.74. The van der Waals surface area contributed by atoms with E-state index in [-0.39, 0.29) is 0 Å². The van der Waals surface area contributed by atoms with Crippen molar-refractivity contribution in [1.82, 2.24) is 0 Å². The fraction of sp³-hybridized carbons (Fsp3) is 0.455. The Labute approximate surface area is 85.3 Å². The lowest BCUT2D eigenvalue weighted by atomic mass is 10.0. The van der Waals surface area contributed by atoms with E-state index < -0.39 is 0 Å². The summed E-state index contributed by atoms with van der Waals surface area (Å²) in [6.07, 6.45) is 4.59. The Morgan fingerprint density at radius 2 is 1.71 bits per heavy atom. The van der Waals surface area contributed by atoms with Crippen LogP contribution in [0.15, 0.2) is 12.1 Å². The van der Waals surface area contributed by atoms with E-state index in [1.807, 2.05) is 12.1 Å². The van der Waals surface area contributed by atoms with E-state index >= 15 is 0 Å². The number of hydrogen-bond acceptors (Lipinski definition) is 3. The number of benzene rings is 1. The molecule has 1 aromatic carbocycles. The van der Waals surface area contributed by atoms with E-state index in [2.05, 4.69) is 6.92 Å². The molecule has 0 atom stereocenters. The van der Waals surface area contributed by atoms with Gasteiger partial charge in [-0.05, 0) is 24.5 Å². The van der Waals surface area contributed by atoms with Crippen LogP contribution in [0.5, 0.6) is 0 Å². The molecule has 3 nitrogen and oxygen atoms in total. The van der Waals surface area contributed by atoms with E-state index in [0.717, 1.165) is 18.4 Å². The average Bonchev–Trinajstić information content (AvgIpc) is 2.18. The molecular weight excluding hydrogens is 174 g/mol. The lowest BCUT2D eigenvalue weighted by Gasteiger charge is -2.09. The number of aryl methyl sites for hydroxylation is 1. The van der Waals surface area contributed by atoms with Gasteiger partial charge < -0.3 is 17.2 Å². The zero-order valence-electron chi connectivity index (χ0n) is 8.72. The Morgan fingerprint density at radius 3 is 2.36 bits per heavy atom. The maximum Gasteiger partial charge on any atom is 0.0784 e. The van der Waals surface area contributed by atoms with Crippen molar-refractivity contribution >= 4 is 17.1 Å². The molecule has 3 heteroatoms. The SMILES string of the molecule is CCCCCc1ccc(N)c(N)c1N. The maximum absolute atomic E-state index is 5.86. The molecule has 0 bridgehead atoms. The zero-order chi connectivity index (χ0) is 10.6. The van der Waals surface area contributed by atoms with Crippen molar-refractivity contribution in [3.05, 3.63) is 17.7 Å². The van der Waals surface area contributed by atoms with E-state index in [4.69, 9.17) is 17.2 Å². The van der Waals surface area contributed by atoms with Crippen LogP contribution < -0.4 is 17.2 Å². The van der Waals surface area contributed by atoms with Crippen molar-refractivity contribution in [3.63, 3.8) is 0 Å². The van der Waals surface area contributed by atoms with Gasteiger partial charge in [0.25, 0.3) is 0 Å². The molecule has 0 fully saturated rings. The molecule has 0 radical (unpaired) electrons. The minimum atomic E-state index is 0.527. The maximum atomic E-state index is 5.86. The van der Waals surface area contributed by atoms with E-state index in [9.17, 15) is 0 Å². The van der Waals surface area contributed by atoms with Crippen LogP contribution in [0.4, 0.5) is 17.1 Å². The molecule has 0 amide bonds. The Morgan fingerprint density at radius 1 is 1.00 bits per heavy atom. The number of hydrogen-bond donors (Lipinski definition) is 3. The van der Waals surface area contributed by atoms with Gasteiger partial charge in [-0.15, -0.1) is 0 Å². The number of nitrogens with two attached hydrogens (primary N) is 3. The Balaban J connectivity index is 2.73. The summed E-state index contributed by atoms with van der Waals surface area (Å²) < 4.78 is 0. The van der Waals surface area contributed by atoms with Gasteiger partial charge in [0.2, 0.25) is 0 Å². The molecular formula is C11H19N3. The Hall–Kier alpha value is -1.38. The molecule has 0 spiro atoms. The summed E-state index contributed by atoms with van der Waals surface area (Å²) in [5.74, 6) is 0. The third-order valence-corrected chi connectivity index (χ3v) is 2.46. The van der Waals surface area contributed by atoms with Crippen LogP contribution >= 0.6 is 0 Å². The van der Waals surface area contributed by atoms with E-state index in [1.54, 1.807) is 0 Å². The normalized spacial score (nSPS) is 10.4. The molecule has 78 valence electrons. The lowest BCUT2D eigenvalue weighted by molar-refractivity contribution is 0.718. The van der Waals surface area contributed by atoms with Gasteiger partial charge >= 0.3 is 0 Å². The summed E-state index contributed by atoms with van der Waals surface area (Å²) in [6.45, 7) is 2.18. The number of unbranched alkanes of at least 4 members (excludes halogenated alkanes) is 2. The van der Waals surface area contributed by atoms with Gasteiger partial charge in [0.15, 0.2) is 0 Å². The quantitative estimate of drug-likeness (QED) is 0.506. The predicted molar refractivity (Wildman–Crippen MR) is 62.9 cm³/mol. The first-order valence-corrected chi connectivity index (χ1v) is 5.09. The summed E-state index contributed by atoms with van der Waals surface area (Å²) >= 11 is 0. The molecule has 0 heterocycles. The van der Waals surface area contributed by atoms with Crippen LogP contribution in [-0.2, 0) is 6.42 Å². The number of nitrogen functional groups attached to an aromatic ring is 3. The predicted octanol–water partition coefficient (Wildman–Crippen LogP) is 2.17. The molecule has 14 heavy (non-hydrogen) atoms. The first kappa shape index (κ1) is 10.7. The van der Waals surface area contributed by atoms with Gasteiger partial charge in [0.05, 0.1) is 17.1 Å². The van der Waals surface area contributed by atoms with Crippen molar-refractivity contribution in [2.45, 2.75) is 32.6 Å². The minimum Gasteiger partial charge on any atom is -0.397 e. The summed E-state index contributed by atoms with van der Waals surface area (Å²) in [5, 5.41) is 0. The van der Waals surface area contributed by atoms with Crippen LogP contribution in [0.2, 0.25) is 0 Å². The summed E-state index contributed by atoms with van der Waals surface area (Å²) in [6, 6.07) is 3.80. The monoisotopic (exact) mass is 193 g/mol. The molecule has 6 N–H and O–H groups in total. The van der Waals surface area contributed by atoms with E-state index in [1.165, 1.54) is 12.8 Å². The van der Waals surface area contributed by atoms with Crippen molar-refractivity contribution in [2.24, 2.45) is 0 Å². The largest absolute Gasteiger partial charge is 0.397 e. The standard InChI is InChI=1S/C11H19N3/c1-2-3-4-5-8-6-7-9(12)11(14)10(8)13/h6-7H,2-5,12-14H2,1H3. The van der Waals surface area contributed by atoms with Crippen molar-refractivity contribution in [1.29, 1.82) is 0 Å². The summed E-state index contributed by atoms with van der Waals surface area (Å²) in [5.41, 5.74) is 20.1. The molecule has 0 unspecified atom stereocenters. The molecule has 0 aliphatic carbocycles. The highest BCUT2D eigenvalue weighted by Crippen LogP contribution is 2.27. The Bertz CT molecular complexity index is 308. The first-order valence-electron chi connectivity index (χ1n) is 5.09. The third-order valence-electron chi connectivity index (χ3n) is 2.46. The fourth-order valence-corrected chi connectivity index (χ4v) is 1.48. The third kappa shape index (κ3) is 2.31. The average molecular weight is 193 g/mol. The molecule has 0 aromatic heterocycles. The number of rotatable bonds is 4.